The summed E-state index contributed by atoms with van der Waals surface area (Å²) in [5.74, 6) is -5.33. The lowest BCUT2D eigenvalue weighted by Crippen LogP contribution is -2.65. The molecule has 7 aromatic rings. The number of aromatic nitrogens is 3. The number of ether oxygens (including phenoxy) is 8. The summed E-state index contributed by atoms with van der Waals surface area (Å²) >= 11 is 0. The highest BCUT2D eigenvalue weighted by Crippen LogP contribution is 2.40. The molecule has 8 unspecified atom stereocenters. The largest absolute Gasteiger partial charge is 0.479 e. The number of rotatable bonds is 14. The van der Waals surface area contributed by atoms with Crippen LogP contribution in [-0.4, -0.2) is 134 Å². The number of benzene rings is 2. The molecule has 2 aliphatic rings. The van der Waals surface area contributed by atoms with Crippen molar-refractivity contribution in [3.05, 3.63) is 126 Å². The van der Waals surface area contributed by atoms with Gasteiger partial charge in [-0.15, -0.1) is 0 Å². The lowest BCUT2D eigenvalue weighted by Gasteiger charge is -2.47. The summed E-state index contributed by atoms with van der Waals surface area (Å²) in [6.45, 7) is 14.6. The molecule has 0 radical (unpaired) electrons. The molecule has 0 bridgehead atoms. The third-order valence-electron chi connectivity index (χ3n) is 14.2. The average Bonchev–Trinajstić information content (AvgIpc) is 4.18. The number of aliphatic hydroxyl groups is 2. The quantitative estimate of drug-likeness (QED) is 0.0601. The van der Waals surface area contributed by atoms with Gasteiger partial charge >= 0.3 is 23.8 Å². The van der Waals surface area contributed by atoms with Crippen molar-refractivity contribution in [2.24, 2.45) is 0 Å². The summed E-state index contributed by atoms with van der Waals surface area (Å²) in [7, 11) is 2.76. The lowest BCUT2D eigenvalue weighted by atomic mass is 9.89. The molecule has 0 spiro atoms. The van der Waals surface area contributed by atoms with Crippen LogP contribution in [0.1, 0.15) is 97.6 Å². The van der Waals surface area contributed by atoms with E-state index < -0.39 is 118 Å². The number of hydrogen-bond donors (Lipinski definition) is 9. The first-order valence-corrected chi connectivity index (χ1v) is 25.0. The van der Waals surface area contributed by atoms with E-state index in [2.05, 4.69) is 25.6 Å². The summed E-state index contributed by atoms with van der Waals surface area (Å²) in [4.78, 5) is 89.8. The second-order valence-corrected chi connectivity index (χ2v) is 20.5. The van der Waals surface area contributed by atoms with Gasteiger partial charge in [0.1, 0.15) is 52.0 Å². The number of methoxy groups -OCH3 is 2. The van der Waals surface area contributed by atoms with Crippen LogP contribution in [0.25, 0.3) is 21.9 Å². The smallest absolute Gasteiger partial charge is 0.355 e. The van der Waals surface area contributed by atoms with Gasteiger partial charge in [-0.3, -0.25) is 19.2 Å². The number of carbonyl (C=O) groups excluding carboxylic acids is 4. The number of aromatic hydroxyl groups is 2. The molecule has 25 nitrogen and oxygen atoms in total. The Kier molecular flexibility index (Phi) is 15.0. The van der Waals surface area contributed by atoms with Crippen molar-refractivity contribution < 1.29 is 86.3 Å². The Morgan fingerprint density at radius 2 is 1.00 bits per heavy atom. The number of aliphatic hydroxyl groups excluding tert-OH is 2. The van der Waals surface area contributed by atoms with E-state index in [0.717, 1.165) is 6.20 Å². The second-order valence-electron chi connectivity index (χ2n) is 20.5. The minimum absolute atomic E-state index is 0.0247. The zero-order chi connectivity index (χ0) is 58.0. The van der Waals surface area contributed by atoms with Gasteiger partial charge in [-0.1, -0.05) is 0 Å². The van der Waals surface area contributed by atoms with E-state index in [1.165, 1.54) is 71.4 Å². The van der Waals surface area contributed by atoms with Crippen molar-refractivity contribution in [3.8, 4) is 23.4 Å². The Morgan fingerprint density at radius 3 is 1.39 bits per heavy atom. The van der Waals surface area contributed by atoms with E-state index in [9.17, 15) is 49.2 Å². The molecular formula is C55H59N5O20. The predicted molar refractivity (Wildman–Crippen MR) is 281 cm³/mol. The normalized spacial score (nSPS) is 22.4. The van der Waals surface area contributed by atoms with Crippen LogP contribution in [0.15, 0.2) is 73.2 Å². The van der Waals surface area contributed by atoms with Crippen LogP contribution >= 0.6 is 0 Å². The molecule has 80 heavy (non-hydrogen) atoms. The van der Waals surface area contributed by atoms with E-state index in [4.69, 9.17) is 46.7 Å². The van der Waals surface area contributed by atoms with Gasteiger partial charge in [-0.25, -0.2) is 9.59 Å². The SMILES string of the molecule is COC1C(OC(=O)c2ccc(C)[nH]2)C(O)C(Oc2ccc3c(=O)c(NC(=O)c4c[nH]c(C(=O)Nc5c(O)oc6c(C)c(OC7OC(C)(C)C(OC)C(OC(=O)c8ccc(C)[nH]8)C7O)ccc6c5=O)c4C)c(O)oc3c2C)OC1(C)C. The summed E-state index contributed by atoms with van der Waals surface area (Å²) in [5.41, 5.74) is -3.98. The fraction of sp³-hybridized carbons (Fsp3) is 0.382. The van der Waals surface area contributed by atoms with Crippen LogP contribution in [0.4, 0.5) is 11.4 Å². The van der Waals surface area contributed by atoms with E-state index in [0.29, 0.717) is 11.4 Å². The average molecular weight is 1110 g/mol. The van der Waals surface area contributed by atoms with Gasteiger partial charge in [0, 0.05) is 42.9 Å². The minimum Gasteiger partial charge on any atom is -0.479 e. The number of anilines is 2. The summed E-state index contributed by atoms with van der Waals surface area (Å²) in [5, 5.41) is 49.5. The molecule has 424 valence electrons. The summed E-state index contributed by atoms with van der Waals surface area (Å²) in [6.07, 6.45) is -9.34. The van der Waals surface area contributed by atoms with E-state index >= 15 is 0 Å². The molecule has 2 amide bonds. The van der Waals surface area contributed by atoms with Crippen molar-refractivity contribution in [1.29, 1.82) is 0 Å². The van der Waals surface area contributed by atoms with Gasteiger partial charge < -0.3 is 92.7 Å². The molecule has 8 atom stereocenters. The maximum absolute atomic E-state index is 13.9. The van der Waals surface area contributed by atoms with Crippen molar-refractivity contribution >= 4 is 57.1 Å². The molecule has 7 heterocycles. The fourth-order valence-electron chi connectivity index (χ4n) is 10.0. The first-order chi connectivity index (χ1) is 37.7. The molecule has 5 aromatic heterocycles. The van der Waals surface area contributed by atoms with Crippen LogP contribution in [0.3, 0.4) is 0 Å². The van der Waals surface area contributed by atoms with Crippen molar-refractivity contribution in [2.75, 3.05) is 24.9 Å². The number of aryl methyl sites for hydroxylation is 4. The van der Waals surface area contributed by atoms with Crippen molar-refractivity contribution in [2.45, 2.75) is 123 Å². The summed E-state index contributed by atoms with van der Waals surface area (Å²) < 4.78 is 58.5. The van der Waals surface area contributed by atoms with Gasteiger partial charge in [0.15, 0.2) is 35.8 Å². The van der Waals surface area contributed by atoms with Gasteiger partial charge in [-0.2, -0.15) is 0 Å². The highest BCUT2D eigenvalue weighted by molar-refractivity contribution is 6.11. The monoisotopic (exact) mass is 1110 g/mol. The zero-order valence-electron chi connectivity index (χ0n) is 45.1. The number of amides is 2. The van der Waals surface area contributed by atoms with Gasteiger partial charge in [0.05, 0.1) is 27.5 Å². The molecule has 0 saturated carbocycles. The predicted octanol–water partition coefficient (Wildman–Crippen LogP) is 5.57. The molecular weight excluding hydrogens is 1050 g/mol. The van der Waals surface area contributed by atoms with Crippen LogP contribution in [0, 0.1) is 34.6 Å². The highest BCUT2D eigenvalue weighted by Gasteiger charge is 2.55. The Hall–Kier alpha value is -8.46. The molecule has 9 rings (SSSR count). The number of fused-ring (bicyclic) bond motifs is 2. The van der Waals surface area contributed by atoms with Crippen molar-refractivity contribution in [1.82, 2.24) is 15.0 Å². The van der Waals surface area contributed by atoms with Crippen LogP contribution in [0.2, 0.25) is 0 Å². The van der Waals surface area contributed by atoms with E-state index in [-0.39, 0.29) is 72.8 Å². The lowest BCUT2D eigenvalue weighted by molar-refractivity contribution is -0.305. The van der Waals surface area contributed by atoms with Gasteiger partial charge in [-0.05, 0) is 116 Å². The number of hydrogen-bond acceptors (Lipinski definition) is 20. The Morgan fingerprint density at radius 1 is 0.588 bits per heavy atom. The number of nitrogens with one attached hydrogen (secondary N) is 5. The summed E-state index contributed by atoms with van der Waals surface area (Å²) in [6, 6.07) is 11.8. The van der Waals surface area contributed by atoms with E-state index in [1.807, 2.05) is 0 Å². The van der Waals surface area contributed by atoms with Crippen molar-refractivity contribution in [3.63, 3.8) is 0 Å². The molecule has 2 aromatic carbocycles. The first-order valence-electron chi connectivity index (χ1n) is 25.0. The maximum Gasteiger partial charge on any atom is 0.355 e. The highest BCUT2D eigenvalue weighted by atomic mass is 16.7. The first kappa shape index (κ1) is 56.3. The fourth-order valence-corrected chi connectivity index (χ4v) is 10.0. The second kappa shape index (κ2) is 21.3. The molecule has 0 aliphatic carbocycles. The standard InChI is InChI=1S/C55H59N5O20/c1-21-12-16-29(57-21)48(67)77-42-38(63)52(79-54(6,7)44(42)71-10)73-31-18-14-26-36(61)34(50(69)75-40(26)24(31)4)59-46(65)28-20-56-33(23(28)3)47(66)60-35-37(62)27-15-19-32(25(5)41(27)76-51(35)70)74-53-39(64)43(45(72-11)55(8,9)80-53)78-49(68)30-17-13-22(2)58-30/h12-20,38-39,42-45,52-53,56-58,63-64,69-70H,1-11H3,(H,59,65)(H,60,66). The Bertz CT molecular complexity index is 3480. The maximum atomic E-state index is 13.9. The Balaban J connectivity index is 0.890. The number of H-pyrrole nitrogens is 3. The number of esters is 2. The molecule has 2 aliphatic heterocycles. The van der Waals surface area contributed by atoms with Crippen LogP contribution < -0.4 is 31.0 Å². The third-order valence-corrected chi connectivity index (χ3v) is 14.2. The Labute approximate surface area is 454 Å². The van der Waals surface area contributed by atoms with E-state index in [1.54, 1.807) is 53.7 Å². The third kappa shape index (κ3) is 10.2. The molecule has 9 N–H and O–H groups in total. The van der Waals surface area contributed by atoms with Gasteiger partial charge in [0.25, 0.3) is 11.8 Å². The number of aromatic amines is 3. The van der Waals surface area contributed by atoms with Crippen LogP contribution in [-0.2, 0) is 28.4 Å². The zero-order valence-corrected chi connectivity index (χ0v) is 45.1. The topological polar surface area (TPSA) is 355 Å². The minimum atomic E-state index is -1.59. The molecule has 25 heteroatoms. The number of carbonyl (C=O) groups is 4. The van der Waals surface area contributed by atoms with Gasteiger partial charge in [0.2, 0.25) is 23.4 Å². The molecule has 2 saturated heterocycles. The molecule has 2 fully saturated rings. The van der Waals surface area contributed by atoms with Crippen LogP contribution in [0.5, 0.6) is 23.4 Å².